The van der Waals surface area contributed by atoms with Crippen molar-refractivity contribution in [2.75, 3.05) is 6.54 Å². The zero-order chi connectivity index (χ0) is 14.7. The van der Waals surface area contributed by atoms with Gasteiger partial charge in [-0.05, 0) is 23.6 Å². The van der Waals surface area contributed by atoms with Crippen molar-refractivity contribution in [3.05, 3.63) is 46.4 Å². The van der Waals surface area contributed by atoms with Gasteiger partial charge in [0, 0.05) is 13.0 Å². The van der Waals surface area contributed by atoms with Crippen molar-refractivity contribution >= 4 is 17.2 Å². The second-order valence-corrected chi connectivity index (χ2v) is 5.10. The monoisotopic (exact) mass is 306 g/mol. The summed E-state index contributed by atoms with van der Waals surface area (Å²) in [6.45, 7) is 0.336. The maximum Gasteiger partial charge on any atom is 0.264 e. The van der Waals surface area contributed by atoms with E-state index in [1.165, 1.54) is 11.4 Å². The quantitative estimate of drug-likeness (QED) is 0.757. The highest BCUT2D eigenvalue weighted by molar-refractivity contribution is 7.12. The van der Waals surface area contributed by atoms with Gasteiger partial charge in [-0.15, -0.1) is 11.3 Å². The number of H-pyrrole nitrogens is 1. The average Bonchev–Trinajstić information content (AvgIpc) is 3.19. The summed E-state index contributed by atoms with van der Waals surface area (Å²) in [4.78, 5) is 16.0. The summed E-state index contributed by atoms with van der Waals surface area (Å²) < 4.78 is 18.4. The fraction of sp³-hybridized carbons (Fsp3) is 0.154. The first-order valence-electron chi connectivity index (χ1n) is 6.20. The van der Waals surface area contributed by atoms with E-state index in [1.54, 1.807) is 18.4 Å². The fourth-order valence-electron chi connectivity index (χ4n) is 1.75. The van der Waals surface area contributed by atoms with Crippen LogP contribution in [0.5, 0.6) is 0 Å². The van der Waals surface area contributed by atoms with Gasteiger partial charge < -0.3 is 9.73 Å². The molecule has 3 heterocycles. The lowest BCUT2D eigenvalue weighted by Crippen LogP contribution is -2.25. The predicted octanol–water partition coefficient (Wildman–Crippen LogP) is 2.24. The van der Waals surface area contributed by atoms with Crippen molar-refractivity contribution in [3.8, 4) is 11.6 Å². The SMILES string of the molecule is O=C(NCCc1nc(-c2ccco2)n[nH]1)c1sccc1F. The van der Waals surface area contributed by atoms with E-state index in [4.69, 9.17) is 4.42 Å². The number of furan rings is 1. The van der Waals surface area contributed by atoms with Crippen LogP contribution in [0.3, 0.4) is 0 Å². The summed E-state index contributed by atoms with van der Waals surface area (Å²) in [5.74, 6) is 0.728. The van der Waals surface area contributed by atoms with Crippen LogP contribution in [0.2, 0.25) is 0 Å². The Labute approximate surface area is 123 Å². The number of carbonyl (C=O) groups excluding carboxylic acids is 1. The Kier molecular flexibility index (Phi) is 3.78. The highest BCUT2D eigenvalue weighted by atomic mass is 32.1. The van der Waals surface area contributed by atoms with Crippen LogP contribution < -0.4 is 5.32 Å². The number of nitrogens with one attached hydrogen (secondary N) is 2. The number of rotatable bonds is 5. The molecule has 0 aliphatic rings. The summed E-state index contributed by atoms with van der Waals surface area (Å²) in [5, 5.41) is 11.0. The molecule has 3 aromatic heterocycles. The molecule has 1 amide bonds. The normalized spacial score (nSPS) is 10.7. The van der Waals surface area contributed by atoms with Crippen LogP contribution in [0.15, 0.2) is 34.3 Å². The average molecular weight is 306 g/mol. The van der Waals surface area contributed by atoms with Gasteiger partial charge in [0.05, 0.1) is 6.26 Å². The highest BCUT2D eigenvalue weighted by Gasteiger charge is 2.13. The number of aromatic nitrogens is 3. The molecule has 0 unspecified atom stereocenters. The van der Waals surface area contributed by atoms with Gasteiger partial charge in [-0.25, -0.2) is 9.37 Å². The summed E-state index contributed by atoms with van der Waals surface area (Å²) in [7, 11) is 0. The van der Waals surface area contributed by atoms with E-state index in [2.05, 4.69) is 20.5 Å². The molecule has 0 aliphatic carbocycles. The molecule has 0 saturated heterocycles. The van der Waals surface area contributed by atoms with Gasteiger partial charge in [-0.1, -0.05) is 0 Å². The molecule has 3 aromatic rings. The van der Waals surface area contributed by atoms with E-state index >= 15 is 0 Å². The molecule has 8 heteroatoms. The largest absolute Gasteiger partial charge is 0.461 e. The Balaban J connectivity index is 1.54. The minimum atomic E-state index is -0.503. The number of amides is 1. The summed E-state index contributed by atoms with van der Waals surface area (Å²) in [6.07, 6.45) is 2.01. The lowest BCUT2D eigenvalue weighted by atomic mass is 10.3. The number of halogens is 1. The topological polar surface area (TPSA) is 83.8 Å². The van der Waals surface area contributed by atoms with E-state index in [0.717, 1.165) is 11.3 Å². The van der Waals surface area contributed by atoms with E-state index in [-0.39, 0.29) is 4.88 Å². The Hall–Kier alpha value is -2.48. The third-order valence-electron chi connectivity index (χ3n) is 2.74. The number of thiophene rings is 1. The fourth-order valence-corrected chi connectivity index (χ4v) is 2.44. The summed E-state index contributed by atoms with van der Waals surface area (Å²) in [5.41, 5.74) is 0. The molecule has 0 bridgehead atoms. The molecule has 21 heavy (non-hydrogen) atoms. The number of nitrogens with zero attached hydrogens (tertiary/aromatic N) is 2. The zero-order valence-electron chi connectivity index (χ0n) is 10.8. The van der Waals surface area contributed by atoms with Crippen molar-refractivity contribution in [1.82, 2.24) is 20.5 Å². The predicted molar refractivity (Wildman–Crippen MR) is 74.4 cm³/mol. The molecular weight excluding hydrogens is 295 g/mol. The first-order chi connectivity index (χ1) is 10.2. The van der Waals surface area contributed by atoms with Crippen molar-refractivity contribution in [2.24, 2.45) is 0 Å². The van der Waals surface area contributed by atoms with Gasteiger partial charge in [-0.3, -0.25) is 9.89 Å². The van der Waals surface area contributed by atoms with Gasteiger partial charge in [0.1, 0.15) is 16.5 Å². The minimum Gasteiger partial charge on any atom is -0.461 e. The number of aromatic amines is 1. The molecule has 108 valence electrons. The van der Waals surface area contributed by atoms with Gasteiger partial charge in [0.25, 0.3) is 5.91 Å². The molecule has 6 nitrogen and oxygen atoms in total. The Bertz CT molecular complexity index is 735. The molecule has 0 saturated carbocycles. The molecule has 0 aromatic carbocycles. The van der Waals surface area contributed by atoms with Crippen LogP contribution >= 0.6 is 11.3 Å². The van der Waals surface area contributed by atoms with Crippen LogP contribution in [-0.4, -0.2) is 27.6 Å². The highest BCUT2D eigenvalue weighted by Crippen LogP contribution is 2.15. The van der Waals surface area contributed by atoms with E-state index in [1.807, 2.05) is 0 Å². The van der Waals surface area contributed by atoms with Crippen molar-refractivity contribution in [1.29, 1.82) is 0 Å². The lowest BCUT2D eigenvalue weighted by Gasteiger charge is -2.01. The third-order valence-corrected chi connectivity index (χ3v) is 3.63. The Morgan fingerprint density at radius 1 is 1.48 bits per heavy atom. The van der Waals surface area contributed by atoms with E-state index in [0.29, 0.717) is 30.4 Å². The number of carbonyl (C=O) groups is 1. The molecule has 0 fully saturated rings. The van der Waals surface area contributed by atoms with Gasteiger partial charge in [0.2, 0.25) is 5.82 Å². The summed E-state index contributed by atoms with van der Waals surface area (Å²) >= 11 is 1.07. The lowest BCUT2D eigenvalue weighted by molar-refractivity contribution is 0.0954. The van der Waals surface area contributed by atoms with Crippen molar-refractivity contribution in [2.45, 2.75) is 6.42 Å². The molecule has 2 N–H and O–H groups in total. The maximum absolute atomic E-state index is 13.2. The second kappa shape index (κ2) is 5.88. The molecule has 0 aliphatic heterocycles. The Morgan fingerprint density at radius 3 is 3.10 bits per heavy atom. The smallest absolute Gasteiger partial charge is 0.264 e. The standard InChI is InChI=1S/C13H11FN4O2S/c14-8-4-7-21-11(8)13(19)15-5-3-10-16-12(18-17-10)9-2-1-6-20-9/h1-2,4,6-7H,3,5H2,(H,15,19)(H,16,17,18). The number of hydrogen-bond donors (Lipinski definition) is 2. The number of hydrogen-bond acceptors (Lipinski definition) is 5. The maximum atomic E-state index is 13.2. The first kappa shape index (κ1) is 13.5. The van der Waals surface area contributed by atoms with Crippen LogP contribution in [0, 0.1) is 5.82 Å². The molecule has 0 radical (unpaired) electrons. The third kappa shape index (κ3) is 3.00. The van der Waals surface area contributed by atoms with Crippen LogP contribution in [0.25, 0.3) is 11.6 Å². The van der Waals surface area contributed by atoms with Gasteiger partial charge in [0.15, 0.2) is 5.76 Å². The summed E-state index contributed by atoms with van der Waals surface area (Å²) in [6, 6.07) is 4.78. The van der Waals surface area contributed by atoms with Crippen molar-refractivity contribution in [3.63, 3.8) is 0 Å². The molecule has 0 atom stereocenters. The second-order valence-electron chi connectivity index (χ2n) is 4.19. The zero-order valence-corrected chi connectivity index (χ0v) is 11.6. The molecule has 0 spiro atoms. The molecular formula is C13H11FN4O2S. The van der Waals surface area contributed by atoms with E-state index < -0.39 is 11.7 Å². The minimum absolute atomic E-state index is 0.0869. The van der Waals surface area contributed by atoms with Crippen molar-refractivity contribution < 1.29 is 13.6 Å². The van der Waals surface area contributed by atoms with Crippen LogP contribution in [-0.2, 0) is 6.42 Å². The first-order valence-corrected chi connectivity index (χ1v) is 7.08. The van der Waals surface area contributed by atoms with Gasteiger partial charge in [-0.2, -0.15) is 5.10 Å². The molecule has 3 rings (SSSR count). The van der Waals surface area contributed by atoms with Crippen LogP contribution in [0.4, 0.5) is 4.39 Å². The Morgan fingerprint density at radius 2 is 2.38 bits per heavy atom. The van der Waals surface area contributed by atoms with Gasteiger partial charge >= 0.3 is 0 Å². The van der Waals surface area contributed by atoms with Crippen LogP contribution in [0.1, 0.15) is 15.5 Å². The van der Waals surface area contributed by atoms with E-state index in [9.17, 15) is 9.18 Å².